The highest BCUT2D eigenvalue weighted by molar-refractivity contribution is 7.98. The third-order valence-electron chi connectivity index (χ3n) is 4.90. The van der Waals surface area contributed by atoms with Gasteiger partial charge in [0.1, 0.15) is 23.5 Å². The van der Waals surface area contributed by atoms with Crippen LogP contribution in [0.15, 0.2) is 73.9 Å². The Labute approximate surface area is 194 Å². The minimum atomic E-state index is -3.59. The summed E-state index contributed by atoms with van der Waals surface area (Å²) < 4.78 is 32.0. The molecule has 4 aromatic rings. The fraction of sp³-hybridized carbons (Fsp3) is 0.136. The molecule has 2 aromatic carbocycles. The van der Waals surface area contributed by atoms with Gasteiger partial charge < -0.3 is 15.1 Å². The van der Waals surface area contributed by atoms with E-state index in [9.17, 15) is 13.2 Å². The van der Waals surface area contributed by atoms with Crippen LogP contribution in [0, 0.1) is 6.92 Å². The van der Waals surface area contributed by atoms with Crippen LogP contribution in [0.5, 0.6) is 0 Å². The van der Waals surface area contributed by atoms with E-state index in [1.54, 1.807) is 30.3 Å². The lowest BCUT2D eigenvalue weighted by Gasteiger charge is -2.13. The molecule has 0 saturated carbocycles. The van der Waals surface area contributed by atoms with Crippen LogP contribution >= 0.6 is 11.8 Å². The van der Waals surface area contributed by atoms with E-state index in [2.05, 4.69) is 25.3 Å². The Bertz CT molecular complexity index is 1500. The summed E-state index contributed by atoms with van der Waals surface area (Å²) in [5, 5.41) is 7.19. The number of rotatable bonds is 7. The van der Waals surface area contributed by atoms with Crippen LogP contribution < -0.4 is 21.0 Å². The molecule has 0 saturated heterocycles. The molecule has 33 heavy (non-hydrogen) atoms. The summed E-state index contributed by atoms with van der Waals surface area (Å²) in [6.45, 7) is 1.86. The second-order valence-corrected chi connectivity index (χ2v) is 9.80. The van der Waals surface area contributed by atoms with Crippen molar-refractivity contribution in [2.24, 2.45) is 0 Å². The van der Waals surface area contributed by atoms with Crippen molar-refractivity contribution in [3.63, 3.8) is 0 Å². The van der Waals surface area contributed by atoms with Gasteiger partial charge >= 0.3 is 5.63 Å². The molecular weight excluding hydrogens is 462 g/mol. The lowest BCUT2D eigenvalue weighted by molar-refractivity contribution is 0.560. The van der Waals surface area contributed by atoms with Crippen LogP contribution in [-0.2, 0) is 10.0 Å². The third-order valence-corrected chi connectivity index (χ3v) is 7.11. The first-order valence-corrected chi connectivity index (χ1v) is 12.5. The molecule has 0 aliphatic heterocycles. The Morgan fingerprint density at radius 1 is 0.970 bits per heavy atom. The number of nitrogens with one attached hydrogen (secondary N) is 3. The van der Waals surface area contributed by atoms with Crippen LogP contribution in [0.1, 0.15) is 5.56 Å². The van der Waals surface area contributed by atoms with Crippen LogP contribution in [-0.4, -0.2) is 31.7 Å². The monoisotopic (exact) mass is 483 g/mol. The number of sulfonamides is 1. The maximum absolute atomic E-state index is 12.2. The van der Waals surface area contributed by atoms with Gasteiger partial charge in [-0.1, -0.05) is 0 Å². The molecule has 0 amide bonds. The van der Waals surface area contributed by atoms with Gasteiger partial charge in [0, 0.05) is 34.2 Å². The zero-order chi connectivity index (χ0) is 23.6. The van der Waals surface area contributed by atoms with Crippen LogP contribution in [0.4, 0.5) is 23.0 Å². The molecule has 9 nitrogen and oxygen atoms in total. The average molecular weight is 484 g/mol. The molecule has 2 aromatic heterocycles. The summed E-state index contributed by atoms with van der Waals surface area (Å²) in [6.07, 6.45) is 3.29. The minimum absolute atomic E-state index is 0.144. The normalized spacial score (nSPS) is 11.5. The third kappa shape index (κ3) is 5.00. The van der Waals surface area contributed by atoms with Gasteiger partial charge in [-0.25, -0.2) is 27.9 Å². The molecule has 0 atom stereocenters. The van der Waals surface area contributed by atoms with Gasteiger partial charge in [-0.2, -0.15) is 0 Å². The fourth-order valence-corrected chi connectivity index (χ4v) is 4.54. The van der Waals surface area contributed by atoms with E-state index in [0.717, 1.165) is 15.8 Å². The van der Waals surface area contributed by atoms with Gasteiger partial charge in [-0.3, -0.25) is 0 Å². The number of aromatic nitrogens is 2. The second kappa shape index (κ2) is 9.22. The van der Waals surface area contributed by atoms with Gasteiger partial charge in [0.05, 0.1) is 10.6 Å². The smallest absolute Gasteiger partial charge is 0.336 e. The molecule has 0 aliphatic rings. The molecule has 0 radical (unpaired) electrons. The maximum Gasteiger partial charge on any atom is 0.336 e. The Morgan fingerprint density at radius 3 is 2.45 bits per heavy atom. The number of hydrogen-bond donors (Lipinski definition) is 3. The Morgan fingerprint density at radius 2 is 1.73 bits per heavy atom. The Balaban J connectivity index is 1.62. The molecule has 0 bridgehead atoms. The predicted octanol–water partition coefficient (Wildman–Crippen LogP) is 4.01. The van der Waals surface area contributed by atoms with Gasteiger partial charge in [-0.05, 0) is 56.1 Å². The molecule has 4 rings (SSSR count). The molecule has 0 fully saturated rings. The molecule has 170 valence electrons. The molecule has 0 unspecified atom stereocenters. The van der Waals surface area contributed by atoms with Gasteiger partial charge in [0.25, 0.3) is 0 Å². The second-order valence-electron chi connectivity index (χ2n) is 7.07. The van der Waals surface area contributed by atoms with E-state index in [4.69, 9.17) is 4.42 Å². The molecule has 2 heterocycles. The van der Waals surface area contributed by atoms with Crippen LogP contribution in [0.25, 0.3) is 11.0 Å². The quantitative estimate of drug-likeness (QED) is 0.264. The van der Waals surface area contributed by atoms with E-state index >= 15 is 0 Å². The minimum Gasteiger partial charge on any atom is -0.423 e. The maximum atomic E-state index is 12.2. The highest BCUT2D eigenvalue weighted by Crippen LogP contribution is 2.31. The first kappa shape index (κ1) is 22.8. The molecule has 3 N–H and O–H groups in total. The zero-order valence-corrected chi connectivity index (χ0v) is 19.7. The summed E-state index contributed by atoms with van der Waals surface area (Å²) in [5.74, 6) is 0.983. The SMILES string of the molecule is CNS(=O)(=O)c1ccc(SC)c(Nc2cc(Nc3ccc4c(C)cc(=O)oc4c3)ncn2)c1. The van der Waals surface area contributed by atoms with Crippen molar-refractivity contribution in [1.29, 1.82) is 0 Å². The number of nitrogens with zero attached hydrogens (tertiary/aromatic N) is 2. The average Bonchev–Trinajstić information content (AvgIpc) is 2.79. The summed E-state index contributed by atoms with van der Waals surface area (Å²) in [5.41, 5.74) is 2.20. The Kier molecular flexibility index (Phi) is 6.36. The van der Waals surface area contributed by atoms with Gasteiger partial charge in [0.2, 0.25) is 10.0 Å². The zero-order valence-electron chi connectivity index (χ0n) is 18.0. The number of benzene rings is 2. The van der Waals surface area contributed by atoms with Crippen molar-refractivity contribution in [3.8, 4) is 0 Å². The summed E-state index contributed by atoms with van der Waals surface area (Å²) >= 11 is 1.48. The van der Waals surface area contributed by atoms with Crippen molar-refractivity contribution in [1.82, 2.24) is 14.7 Å². The van der Waals surface area contributed by atoms with E-state index in [1.165, 1.54) is 31.2 Å². The van der Waals surface area contributed by atoms with Crippen molar-refractivity contribution in [3.05, 3.63) is 70.8 Å². The van der Waals surface area contributed by atoms with E-state index < -0.39 is 15.6 Å². The predicted molar refractivity (Wildman–Crippen MR) is 130 cm³/mol. The highest BCUT2D eigenvalue weighted by Gasteiger charge is 2.14. The first-order valence-electron chi connectivity index (χ1n) is 9.81. The topological polar surface area (TPSA) is 126 Å². The van der Waals surface area contributed by atoms with Crippen molar-refractivity contribution in [2.75, 3.05) is 23.9 Å². The lowest BCUT2D eigenvalue weighted by Crippen LogP contribution is -2.18. The number of anilines is 4. The van der Waals surface area contributed by atoms with Gasteiger partial charge in [0.15, 0.2) is 0 Å². The highest BCUT2D eigenvalue weighted by atomic mass is 32.2. The molecular formula is C22H21N5O4S2. The number of thioether (sulfide) groups is 1. The van der Waals surface area contributed by atoms with E-state index in [0.29, 0.717) is 28.6 Å². The van der Waals surface area contributed by atoms with Gasteiger partial charge in [-0.15, -0.1) is 11.8 Å². The van der Waals surface area contributed by atoms with Crippen LogP contribution in [0.3, 0.4) is 0 Å². The lowest BCUT2D eigenvalue weighted by atomic mass is 10.1. The molecule has 0 spiro atoms. The first-order chi connectivity index (χ1) is 15.8. The number of aryl methyl sites for hydroxylation is 1. The van der Waals surface area contributed by atoms with E-state index in [-0.39, 0.29) is 4.90 Å². The Hall–Kier alpha value is -3.41. The summed E-state index contributed by atoms with van der Waals surface area (Å²) in [7, 11) is -2.22. The van der Waals surface area contributed by atoms with Crippen LogP contribution in [0.2, 0.25) is 0 Å². The van der Waals surface area contributed by atoms with Crippen molar-refractivity contribution >= 4 is 55.8 Å². The number of fused-ring (bicyclic) bond motifs is 1. The summed E-state index contributed by atoms with van der Waals surface area (Å²) in [6, 6.07) is 13.5. The largest absolute Gasteiger partial charge is 0.423 e. The van der Waals surface area contributed by atoms with Crippen molar-refractivity contribution < 1.29 is 12.8 Å². The molecule has 0 aliphatic carbocycles. The molecule has 11 heteroatoms. The van der Waals surface area contributed by atoms with Crippen molar-refractivity contribution in [2.45, 2.75) is 16.7 Å². The standard InChI is InChI=1S/C22H21N5O4S2/c1-13-8-22(28)31-18-9-14(4-6-16(13)18)26-20-11-21(25-12-24-20)27-17-10-15(33(29,30)23-2)5-7-19(17)32-3/h4-12,23H,1-3H3,(H2,24,25,26,27). The van der Waals surface area contributed by atoms with E-state index in [1.807, 2.05) is 25.3 Å². The number of hydrogen-bond acceptors (Lipinski definition) is 9. The summed E-state index contributed by atoms with van der Waals surface area (Å²) in [4.78, 5) is 21.2. The fourth-order valence-electron chi connectivity index (χ4n) is 3.25.